The molecule has 2 aromatic rings. The molecule has 1 amide bonds. The Bertz CT molecular complexity index is 1010. The van der Waals surface area contributed by atoms with E-state index in [1.54, 1.807) is 55.6 Å². The van der Waals surface area contributed by atoms with Crippen LogP contribution in [0.3, 0.4) is 0 Å². The first-order chi connectivity index (χ1) is 15.9. The largest absolute Gasteiger partial charge is 0.507 e. The number of hydrogen-bond acceptors (Lipinski definition) is 6. The molecule has 1 atom stereocenters. The maximum atomic E-state index is 13.1. The summed E-state index contributed by atoms with van der Waals surface area (Å²) in [6.45, 7) is 6.85. The van der Waals surface area contributed by atoms with Crippen LogP contribution in [0.15, 0.2) is 54.1 Å². The van der Waals surface area contributed by atoms with E-state index in [4.69, 9.17) is 14.2 Å². The Kier molecular flexibility index (Phi) is 8.11. The van der Waals surface area contributed by atoms with Crippen molar-refractivity contribution in [2.75, 3.05) is 26.9 Å². The number of Topliss-reactive ketones (excluding diaryl/α,β-unsaturated/α-hetero) is 1. The Balaban J connectivity index is 2.06. The first kappa shape index (κ1) is 24.3. The van der Waals surface area contributed by atoms with Crippen molar-refractivity contribution in [3.05, 3.63) is 65.2 Å². The van der Waals surface area contributed by atoms with E-state index in [0.717, 1.165) is 6.42 Å². The first-order valence-electron chi connectivity index (χ1n) is 11.1. The lowest BCUT2D eigenvalue weighted by Crippen LogP contribution is -2.33. The quantitative estimate of drug-likeness (QED) is 0.327. The summed E-state index contributed by atoms with van der Waals surface area (Å²) >= 11 is 0. The van der Waals surface area contributed by atoms with Crippen molar-refractivity contribution in [3.63, 3.8) is 0 Å². The van der Waals surface area contributed by atoms with E-state index in [0.29, 0.717) is 29.2 Å². The summed E-state index contributed by atoms with van der Waals surface area (Å²) in [5.41, 5.74) is 1.15. The van der Waals surface area contributed by atoms with Gasteiger partial charge in [-0.25, -0.2) is 0 Å². The average molecular weight is 454 g/mol. The smallest absolute Gasteiger partial charge is 0.295 e. The van der Waals surface area contributed by atoms with Crippen LogP contribution in [0, 0.1) is 0 Å². The molecule has 2 aromatic carbocycles. The number of ether oxygens (including phenoxy) is 3. The maximum absolute atomic E-state index is 13.1. The number of ketones is 1. The van der Waals surface area contributed by atoms with Gasteiger partial charge in [0.2, 0.25) is 0 Å². The third-order valence-electron chi connectivity index (χ3n) is 5.34. The highest BCUT2D eigenvalue weighted by atomic mass is 16.5. The average Bonchev–Trinajstić information content (AvgIpc) is 3.07. The van der Waals surface area contributed by atoms with Crippen LogP contribution in [0.2, 0.25) is 0 Å². The molecule has 1 unspecified atom stereocenters. The number of hydrogen-bond donors (Lipinski definition) is 1. The second kappa shape index (κ2) is 11.0. The molecule has 1 N–H and O–H groups in total. The van der Waals surface area contributed by atoms with Gasteiger partial charge in [0.05, 0.1) is 38.0 Å². The number of benzene rings is 2. The number of methoxy groups -OCH3 is 1. The third kappa shape index (κ3) is 5.54. The van der Waals surface area contributed by atoms with E-state index in [9.17, 15) is 14.7 Å². The van der Waals surface area contributed by atoms with Crippen molar-refractivity contribution in [2.45, 2.75) is 39.3 Å². The lowest BCUT2D eigenvalue weighted by Gasteiger charge is -2.25. The molecule has 0 bridgehead atoms. The van der Waals surface area contributed by atoms with Gasteiger partial charge in [0, 0.05) is 12.1 Å². The van der Waals surface area contributed by atoms with Crippen molar-refractivity contribution >= 4 is 17.4 Å². The molecule has 1 heterocycles. The topological polar surface area (TPSA) is 85.3 Å². The Labute approximate surface area is 194 Å². The van der Waals surface area contributed by atoms with Crippen LogP contribution in [-0.4, -0.2) is 54.7 Å². The van der Waals surface area contributed by atoms with Crippen molar-refractivity contribution in [3.8, 4) is 11.5 Å². The molecule has 3 rings (SSSR count). The predicted molar refractivity (Wildman–Crippen MR) is 125 cm³/mol. The van der Waals surface area contributed by atoms with Gasteiger partial charge in [0.15, 0.2) is 0 Å². The zero-order chi connectivity index (χ0) is 24.0. The summed E-state index contributed by atoms with van der Waals surface area (Å²) in [5.74, 6) is -0.384. The molecular weight excluding hydrogens is 422 g/mol. The number of aliphatic hydroxyl groups excluding tert-OH is 1. The second-order valence-electron chi connectivity index (χ2n) is 8.06. The second-order valence-corrected chi connectivity index (χ2v) is 8.06. The van der Waals surface area contributed by atoms with Gasteiger partial charge >= 0.3 is 0 Å². The lowest BCUT2D eigenvalue weighted by atomic mass is 9.95. The fourth-order valence-electron chi connectivity index (χ4n) is 3.74. The van der Waals surface area contributed by atoms with E-state index in [2.05, 4.69) is 0 Å². The highest BCUT2D eigenvalue weighted by Gasteiger charge is 2.45. The van der Waals surface area contributed by atoms with Crippen LogP contribution in [0.1, 0.15) is 44.4 Å². The Morgan fingerprint density at radius 3 is 2.42 bits per heavy atom. The van der Waals surface area contributed by atoms with Crippen LogP contribution < -0.4 is 9.47 Å². The van der Waals surface area contributed by atoms with Gasteiger partial charge in [-0.05, 0) is 50.1 Å². The molecule has 33 heavy (non-hydrogen) atoms. The Morgan fingerprint density at radius 1 is 1.06 bits per heavy atom. The highest BCUT2D eigenvalue weighted by Crippen LogP contribution is 2.40. The summed E-state index contributed by atoms with van der Waals surface area (Å²) in [4.78, 5) is 27.5. The van der Waals surface area contributed by atoms with Gasteiger partial charge in [-0.1, -0.05) is 31.2 Å². The van der Waals surface area contributed by atoms with E-state index >= 15 is 0 Å². The Hall–Kier alpha value is -3.32. The number of likely N-dealkylation sites (tertiary alicyclic amines) is 1. The fourth-order valence-corrected chi connectivity index (χ4v) is 3.74. The third-order valence-corrected chi connectivity index (χ3v) is 5.34. The molecule has 0 spiro atoms. The van der Waals surface area contributed by atoms with Gasteiger partial charge in [0.25, 0.3) is 11.7 Å². The van der Waals surface area contributed by atoms with Crippen LogP contribution in [0.25, 0.3) is 5.76 Å². The monoisotopic (exact) mass is 453 g/mol. The first-order valence-corrected chi connectivity index (χ1v) is 11.1. The van der Waals surface area contributed by atoms with E-state index in [1.165, 1.54) is 4.90 Å². The van der Waals surface area contributed by atoms with E-state index in [-0.39, 0.29) is 30.6 Å². The summed E-state index contributed by atoms with van der Waals surface area (Å²) in [7, 11) is 1.57. The normalized spacial score (nSPS) is 17.6. The van der Waals surface area contributed by atoms with Gasteiger partial charge in [-0.3, -0.25) is 9.59 Å². The molecule has 0 aromatic heterocycles. The number of amides is 1. The van der Waals surface area contributed by atoms with Gasteiger partial charge < -0.3 is 24.2 Å². The minimum absolute atomic E-state index is 0.00730. The molecule has 0 radical (unpaired) electrons. The van der Waals surface area contributed by atoms with E-state index < -0.39 is 17.7 Å². The number of rotatable bonds is 10. The molecule has 1 saturated heterocycles. The van der Waals surface area contributed by atoms with Gasteiger partial charge in [-0.15, -0.1) is 0 Å². The molecule has 1 fully saturated rings. The summed E-state index contributed by atoms with van der Waals surface area (Å²) in [6, 6.07) is 13.3. The number of nitrogens with zero attached hydrogens (tertiary/aromatic N) is 1. The molecule has 7 heteroatoms. The number of carbonyl (C=O) groups excluding carboxylic acids is 2. The van der Waals surface area contributed by atoms with Crippen LogP contribution in [0.5, 0.6) is 11.5 Å². The predicted octanol–water partition coefficient (Wildman–Crippen LogP) is 4.33. The lowest BCUT2D eigenvalue weighted by molar-refractivity contribution is -0.140. The molecule has 1 aliphatic heterocycles. The van der Waals surface area contributed by atoms with E-state index in [1.807, 2.05) is 20.8 Å². The van der Waals surface area contributed by atoms with Crippen molar-refractivity contribution < 1.29 is 28.9 Å². The van der Waals surface area contributed by atoms with Crippen molar-refractivity contribution in [1.29, 1.82) is 0 Å². The molecule has 0 aliphatic carbocycles. The molecule has 1 aliphatic rings. The molecule has 7 nitrogen and oxygen atoms in total. The summed E-state index contributed by atoms with van der Waals surface area (Å²) in [6.07, 6.45) is 0.837. The molecule has 0 saturated carbocycles. The maximum Gasteiger partial charge on any atom is 0.295 e. The fraction of sp³-hybridized carbons (Fsp3) is 0.385. The zero-order valence-corrected chi connectivity index (χ0v) is 19.5. The van der Waals surface area contributed by atoms with Gasteiger partial charge in [-0.2, -0.15) is 0 Å². The molecule has 176 valence electrons. The zero-order valence-electron chi connectivity index (χ0n) is 19.5. The van der Waals surface area contributed by atoms with Crippen molar-refractivity contribution in [2.24, 2.45) is 0 Å². The van der Waals surface area contributed by atoms with Gasteiger partial charge in [0.1, 0.15) is 17.3 Å². The summed E-state index contributed by atoms with van der Waals surface area (Å²) in [5, 5.41) is 11.2. The number of carbonyl (C=O) groups is 2. The standard InChI is InChI=1S/C26H31NO6/c1-5-14-33-21-8-6-7-19(16-21)24(28)22-23(18-9-11-20(31-4)12-10-18)27(26(30)25(22)29)13-15-32-17(2)3/h6-12,16-17,23,28H,5,13-15H2,1-4H3/b24-22-. The minimum atomic E-state index is -0.744. The minimum Gasteiger partial charge on any atom is -0.507 e. The summed E-state index contributed by atoms with van der Waals surface area (Å²) < 4.78 is 16.5. The SMILES string of the molecule is CCCOc1cccc(/C(O)=C2/C(=O)C(=O)N(CCOC(C)C)C2c2ccc(OC)cc2)c1. The van der Waals surface area contributed by atoms with Crippen LogP contribution in [-0.2, 0) is 14.3 Å². The van der Waals surface area contributed by atoms with Crippen LogP contribution >= 0.6 is 0 Å². The number of aliphatic hydroxyl groups is 1. The van der Waals surface area contributed by atoms with Crippen LogP contribution in [0.4, 0.5) is 0 Å². The Morgan fingerprint density at radius 2 is 1.79 bits per heavy atom. The highest BCUT2D eigenvalue weighted by molar-refractivity contribution is 6.46. The van der Waals surface area contributed by atoms with Crippen molar-refractivity contribution in [1.82, 2.24) is 4.90 Å². The molecular formula is C26H31NO6.